The van der Waals surface area contributed by atoms with Crippen molar-refractivity contribution < 1.29 is 18.7 Å². The molecule has 32 heavy (non-hydrogen) atoms. The van der Waals surface area contributed by atoms with Crippen molar-refractivity contribution in [3.8, 4) is 29.0 Å². The minimum Gasteiger partial charge on any atom is -0.493 e. The summed E-state index contributed by atoms with van der Waals surface area (Å²) in [4.78, 5) is 12.4. The van der Waals surface area contributed by atoms with Crippen LogP contribution >= 0.6 is 0 Å². The molecular weight excluding hydrogens is 413 g/mol. The van der Waals surface area contributed by atoms with E-state index in [2.05, 4.69) is 15.5 Å². The Morgan fingerprint density at radius 1 is 1.19 bits per heavy atom. The van der Waals surface area contributed by atoms with Crippen LogP contribution in [0.4, 0.5) is 10.1 Å². The molecule has 0 radical (unpaired) electrons. The first-order valence-electron chi connectivity index (χ1n) is 10.3. The molecule has 2 aromatic carbocycles. The van der Waals surface area contributed by atoms with Crippen molar-refractivity contribution in [2.45, 2.75) is 32.2 Å². The molecule has 0 aliphatic carbocycles. The van der Waals surface area contributed by atoms with E-state index in [4.69, 9.17) is 14.7 Å². The first-order chi connectivity index (χ1) is 15.6. The number of ether oxygens (including phenoxy) is 2. The van der Waals surface area contributed by atoms with Gasteiger partial charge in [-0.05, 0) is 43.2 Å². The fourth-order valence-electron chi connectivity index (χ4n) is 3.66. The van der Waals surface area contributed by atoms with Gasteiger partial charge in [0.15, 0.2) is 23.9 Å². The average molecular weight is 435 g/mol. The van der Waals surface area contributed by atoms with Crippen LogP contribution in [0.3, 0.4) is 0 Å². The molecule has 1 aromatic heterocycles. The van der Waals surface area contributed by atoms with Crippen LogP contribution in [0.2, 0.25) is 0 Å². The number of benzene rings is 2. The van der Waals surface area contributed by atoms with Crippen molar-refractivity contribution in [1.82, 2.24) is 14.8 Å². The quantitative estimate of drug-likeness (QED) is 0.633. The van der Waals surface area contributed by atoms with E-state index in [0.29, 0.717) is 28.6 Å². The maximum absolute atomic E-state index is 14.6. The van der Waals surface area contributed by atoms with Crippen LogP contribution < -0.4 is 14.8 Å². The molecule has 3 aromatic rings. The number of fused-ring (bicyclic) bond motifs is 1. The van der Waals surface area contributed by atoms with Crippen LogP contribution in [0.15, 0.2) is 36.4 Å². The number of carbonyl (C=O) groups excluding carboxylic acids is 1. The lowest BCUT2D eigenvalue weighted by Crippen LogP contribution is -2.20. The standard InChI is InChI=1S/C23H22FN5O3/c1-31-20-11-15(13-25)6-9-19(20)32-14-22(30)26-16-7-8-18(24)17(12-16)23-28-27-21-5-3-2-4-10-29(21)23/h6-9,11-12H,2-5,10,14H2,1H3,(H,26,30). The number of aromatic nitrogens is 3. The Labute approximate surface area is 184 Å². The van der Waals surface area contributed by atoms with Gasteiger partial charge < -0.3 is 19.4 Å². The SMILES string of the molecule is COc1cc(C#N)ccc1OCC(=O)Nc1ccc(F)c(-c2nnc3n2CCCCC3)c1. The minimum absolute atomic E-state index is 0.282. The summed E-state index contributed by atoms with van der Waals surface area (Å²) in [6.45, 7) is 0.462. The number of hydrogen-bond acceptors (Lipinski definition) is 6. The Morgan fingerprint density at radius 3 is 2.88 bits per heavy atom. The third kappa shape index (κ3) is 4.54. The number of carbonyl (C=O) groups is 1. The van der Waals surface area contributed by atoms with E-state index in [1.807, 2.05) is 10.6 Å². The third-order valence-corrected chi connectivity index (χ3v) is 5.25. The Hall–Kier alpha value is -3.93. The molecule has 0 bridgehead atoms. The van der Waals surface area contributed by atoms with E-state index < -0.39 is 11.7 Å². The van der Waals surface area contributed by atoms with Crippen molar-refractivity contribution in [3.05, 3.63) is 53.6 Å². The highest BCUT2D eigenvalue weighted by Crippen LogP contribution is 2.29. The Bertz CT molecular complexity index is 1180. The summed E-state index contributed by atoms with van der Waals surface area (Å²) < 4.78 is 27.3. The normalized spacial score (nSPS) is 12.9. The van der Waals surface area contributed by atoms with Gasteiger partial charge >= 0.3 is 0 Å². The molecule has 4 rings (SSSR count). The van der Waals surface area contributed by atoms with Gasteiger partial charge in [-0.2, -0.15) is 5.26 Å². The predicted octanol–water partition coefficient (Wildman–Crippen LogP) is 3.71. The lowest BCUT2D eigenvalue weighted by atomic mass is 10.1. The van der Waals surface area contributed by atoms with Crippen molar-refractivity contribution >= 4 is 11.6 Å². The van der Waals surface area contributed by atoms with Gasteiger partial charge in [0.1, 0.15) is 11.6 Å². The molecule has 0 saturated carbocycles. The molecule has 2 heterocycles. The van der Waals surface area contributed by atoms with Gasteiger partial charge in [0.2, 0.25) is 0 Å². The van der Waals surface area contributed by atoms with Gasteiger partial charge in [-0.1, -0.05) is 6.42 Å². The molecule has 164 valence electrons. The predicted molar refractivity (Wildman–Crippen MR) is 115 cm³/mol. The molecule has 1 aliphatic heterocycles. The number of nitrogens with zero attached hydrogens (tertiary/aromatic N) is 4. The molecule has 0 saturated heterocycles. The molecule has 0 fully saturated rings. The van der Waals surface area contributed by atoms with Gasteiger partial charge in [-0.3, -0.25) is 4.79 Å². The fraction of sp³-hybridized carbons (Fsp3) is 0.304. The van der Waals surface area contributed by atoms with E-state index in [1.54, 1.807) is 18.2 Å². The summed E-state index contributed by atoms with van der Waals surface area (Å²) in [5.74, 6) is 1.17. The molecular formula is C23H22FN5O3. The van der Waals surface area contributed by atoms with Gasteiger partial charge in [-0.25, -0.2) is 4.39 Å². The molecule has 1 amide bonds. The number of nitriles is 1. The molecule has 0 unspecified atom stereocenters. The van der Waals surface area contributed by atoms with E-state index >= 15 is 0 Å². The highest BCUT2D eigenvalue weighted by Gasteiger charge is 2.19. The first kappa shape index (κ1) is 21.3. The summed E-state index contributed by atoms with van der Waals surface area (Å²) >= 11 is 0. The fourth-order valence-corrected chi connectivity index (χ4v) is 3.66. The van der Waals surface area contributed by atoms with Crippen LogP contribution in [0.5, 0.6) is 11.5 Å². The second-order valence-electron chi connectivity index (χ2n) is 7.41. The van der Waals surface area contributed by atoms with E-state index in [9.17, 15) is 9.18 Å². The number of amides is 1. The van der Waals surface area contributed by atoms with Gasteiger partial charge in [-0.15, -0.1) is 10.2 Å². The molecule has 0 spiro atoms. The summed E-state index contributed by atoms with van der Waals surface area (Å²) in [6.07, 6.45) is 3.96. The second-order valence-corrected chi connectivity index (χ2v) is 7.41. The maximum atomic E-state index is 14.6. The number of aryl methyl sites for hydroxylation is 1. The number of hydrogen-bond donors (Lipinski definition) is 1. The van der Waals surface area contributed by atoms with E-state index in [0.717, 1.165) is 38.1 Å². The van der Waals surface area contributed by atoms with Crippen molar-refractivity contribution in [1.29, 1.82) is 5.26 Å². The van der Waals surface area contributed by atoms with Crippen LogP contribution in [-0.2, 0) is 17.8 Å². The minimum atomic E-state index is -0.430. The third-order valence-electron chi connectivity index (χ3n) is 5.25. The number of anilines is 1. The molecule has 8 nitrogen and oxygen atoms in total. The summed E-state index contributed by atoms with van der Waals surface area (Å²) in [5.41, 5.74) is 1.13. The summed E-state index contributed by atoms with van der Waals surface area (Å²) in [6, 6.07) is 11.0. The Kier molecular flexibility index (Phi) is 6.31. The molecule has 1 aliphatic rings. The number of rotatable bonds is 6. The van der Waals surface area contributed by atoms with Crippen LogP contribution in [-0.4, -0.2) is 34.4 Å². The van der Waals surface area contributed by atoms with Gasteiger partial charge in [0, 0.05) is 24.7 Å². The van der Waals surface area contributed by atoms with E-state index in [1.165, 1.54) is 25.3 Å². The smallest absolute Gasteiger partial charge is 0.262 e. The molecule has 9 heteroatoms. The molecule has 1 N–H and O–H groups in total. The Morgan fingerprint density at radius 2 is 2.06 bits per heavy atom. The topological polar surface area (TPSA) is 102 Å². The summed E-state index contributed by atoms with van der Waals surface area (Å²) in [5, 5.41) is 20.1. The van der Waals surface area contributed by atoms with Crippen LogP contribution in [0, 0.1) is 17.1 Å². The van der Waals surface area contributed by atoms with Gasteiger partial charge in [0.25, 0.3) is 5.91 Å². The van der Waals surface area contributed by atoms with Crippen molar-refractivity contribution in [2.75, 3.05) is 19.0 Å². The zero-order valence-electron chi connectivity index (χ0n) is 17.6. The monoisotopic (exact) mass is 435 g/mol. The lowest BCUT2D eigenvalue weighted by molar-refractivity contribution is -0.118. The average Bonchev–Trinajstić information content (AvgIpc) is 3.06. The Balaban J connectivity index is 1.47. The number of methoxy groups -OCH3 is 1. The maximum Gasteiger partial charge on any atom is 0.262 e. The zero-order valence-corrected chi connectivity index (χ0v) is 17.6. The first-order valence-corrected chi connectivity index (χ1v) is 10.3. The zero-order chi connectivity index (χ0) is 22.5. The largest absolute Gasteiger partial charge is 0.493 e. The number of nitrogens with one attached hydrogen (secondary N) is 1. The van der Waals surface area contributed by atoms with Crippen molar-refractivity contribution in [2.24, 2.45) is 0 Å². The van der Waals surface area contributed by atoms with Gasteiger partial charge in [0.05, 0.1) is 24.3 Å². The van der Waals surface area contributed by atoms with Crippen molar-refractivity contribution in [3.63, 3.8) is 0 Å². The number of halogens is 1. The van der Waals surface area contributed by atoms with Crippen LogP contribution in [0.25, 0.3) is 11.4 Å². The lowest BCUT2D eigenvalue weighted by Gasteiger charge is -2.12. The summed E-state index contributed by atoms with van der Waals surface area (Å²) in [7, 11) is 1.45. The second kappa shape index (κ2) is 9.47. The molecule has 0 atom stereocenters. The highest BCUT2D eigenvalue weighted by atomic mass is 19.1. The van der Waals surface area contributed by atoms with Crippen LogP contribution in [0.1, 0.15) is 30.7 Å². The van der Waals surface area contributed by atoms with E-state index in [-0.39, 0.29) is 12.2 Å². The highest BCUT2D eigenvalue weighted by molar-refractivity contribution is 5.92.